The lowest BCUT2D eigenvalue weighted by Crippen LogP contribution is -2.35. The van der Waals surface area contributed by atoms with Crippen LogP contribution in [-0.2, 0) is 4.79 Å². The Morgan fingerprint density at radius 2 is 1.76 bits per heavy atom. The Balaban J connectivity index is 2.11. The van der Waals surface area contributed by atoms with E-state index < -0.39 is 0 Å². The highest BCUT2D eigenvalue weighted by atomic mass is 16.1. The standard InChI is InChI=1S/C14H28N2O/c1-10(2)13(11(3)4)9-16-14(17)7-8-15-12-5-6-12/h10-13,15H,5-9H2,1-4H3,(H,16,17). The zero-order chi connectivity index (χ0) is 12.8. The number of hydrogen-bond acceptors (Lipinski definition) is 2. The summed E-state index contributed by atoms with van der Waals surface area (Å²) in [6.07, 6.45) is 3.17. The van der Waals surface area contributed by atoms with Crippen molar-refractivity contribution in [2.45, 2.75) is 53.0 Å². The lowest BCUT2D eigenvalue weighted by molar-refractivity contribution is -0.121. The van der Waals surface area contributed by atoms with Gasteiger partial charge in [-0.15, -0.1) is 0 Å². The molecule has 0 atom stereocenters. The molecular weight excluding hydrogens is 212 g/mol. The van der Waals surface area contributed by atoms with Gasteiger partial charge in [-0.1, -0.05) is 27.7 Å². The largest absolute Gasteiger partial charge is 0.356 e. The summed E-state index contributed by atoms with van der Waals surface area (Å²) in [6, 6.07) is 0.696. The van der Waals surface area contributed by atoms with E-state index in [9.17, 15) is 4.79 Å². The van der Waals surface area contributed by atoms with Crippen LogP contribution in [0, 0.1) is 17.8 Å². The summed E-state index contributed by atoms with van der Waals surface area (Å²) in [5, 5.41) is 6.42. The molecule has 0 unspecified atom stereocenters. The van der Waals surface area contributed by atoms with Crippen molar-refractivity contribution < 1.29 is 4.79 Å². The molecule has 0 aliphatic heterocycles. The minimum atomic E-state index is 0.185. The van der Waals surface area contributed by atoms with Crippen molar-refractivity contribution in [3.63, 3.8) is 0 Å². The monoisotopic (exact) mass is 240 g/mol. The fourth-order valence-electron chi connectivity index (χ4n) is 2.24. The lowest BCUT2D eigenvalue weighted by atomic mass is 9.85. The average molecular weight is 240 g/mol. The van der Waals surface area contributed by atoms with E-state index in [1.165, 1.54) is 12.8 Å². The third kappa shape index (κ3) is 6.06. The highest BCUT2D eigenvalue weighted by Gasteiger charge is 2.21. The van der Waals surface area contributed by atoms with Crippen LogP contribution in [0.1, 0.15) is 47.0 Å². The van der Waals surface area contributed by atoms with E-state index in [0.717, 1.165) is 13.1 Å². The molecule has 1 aliphatic rings. The topological polar surface area (TPSA) is 41.1 Å². The van der Waals surface area contributed by atoms with Gasteiger partial charge in [0.15, 0.2) is 0 Å². The summed E-state index contributed by atoms with van der Waals surface area (Å²) >= 11 is 0. The number of amides is 1. The molecule has 2 N–H and O–H groups in total. The maximum absolute atomic E-state index is 11.6. The molecule has 0 aromatic carbocycles. The van der Waals surface area contributed by atoms with E-state index in [0.29, 0.717) is 30.2 Å². The number of nitrogens with one attached hydrogen (secondary N) is 2. The first kappa shape index (κ1) is 14.5. The average Bonchev–Trinajstić information content (AvgIpc) is 3.00. The van der Waals surface area contributed by atoms with Gasteiger partial charge in [-0.25, -0.2) is 0 Å². The quantitative estimate of drug-likeness (QED) is 0.683. The van der Waals surface area contributed by atoms with E-state index in [4.69, 9.17) is 0 Å². The van der Waals surface area contributed by atoms with Gasteiger partial charge in [0.25, 0.3) is 0 Å². The van der Waals surface area contributed by atoms with E-state index in [1.807, 2.05) is 0 Å². The van der Waals surface area contributed by atoms with Gasteiger partial charge in [0.2, 0.25) is 5.91 Å². The fraction of sp³-hybridized carbons (Fsp3) is 0.929. The zero-order valence-electron chi connectivity index (χ0n) is 11.8. The van der Waals surface area contributed by atoms with Crippen LogP contribution in [0.5, 0.6) is 0 Å². The van der Waals surface area contributed by atoms with Crippen LogP contribution in [0.2, 0.25) is 0 Å². The van der Waals surface area contributed by atoms with Crippen molar-refractivity contribution in [1.82, 2.24) is 10.6 Å². The van der Waals surface area contributed by atoms with Gasteiger partial charge in [-0.3, -0.25) is 4.79 Å². The van der Waals surface area contributed by atoms with Crippen molar-refractivity contribution in [2.24, 2.45) is 17.8 Å². The molecule has 1 saturated carbocycles. The van der Waals surface area contributed by atoms with E-state index >= 15 is 0 Å². The van der Waals surface area contributed by atoms with Crippen LogP contribution in [0.4, 0.5) is 0 Å². The Labute approximate surface area is 106 Å². The molecule has 1 aliphatic carbocycles. The summed E-state index contributed by atoms with van der Waals surface area (Å²) in [5.74, 6) is 2.01. The molecule has 0 aromatic rings. The van der Waals surface area contributed by atoms with Gasteiger partial charge >= 0.3 is 0 Å². The van der Waals surface area contributed by atoms with Crippen LogP contribution in [0.15, 0.2) is 0 Å². The van der Waals surface area contributed by atoms with Crippen LogP contribution < -0.4 is 10.6 Å². The third-order valence-corrected chi connectivity index (χ3v) is 3.61. The number of rotatable bonds is 8. The molecule has 1 amide bonds. The number of carbonyl (C=O) groups is 1. The second kappa shape index (κ2) is 7.00. The van der Waals surface area contributed by atoms with E-state index in [-0.39, 0.29) is 5.91 Å². The Bertz CT molecular complexity index is 226. The summed E-state index contributed by atoms with van der Waals surface area (Å²) in [7, 11) is 0. The van der Waals surface area contributed by atoms with Gasteiger partial charge in [0, 0.05) is 25.6 Å². The molecule has 1 rings (SSSR count). The summed E-state index contributed by atoms with van der Waals surface area (Å²) in [4.78, 5) is 11.6. The maximum atomic E-state index is 11.6. The molecule has 0 heterocycles. The minimum absolute atomic E-state index is 0.185. The maximum Gasteiger partial charge on any atom is 0.221 e. The third-order valence-electron chi connectivity index (χ3n) is 3.61. The normalized spacial score (nSPS) is 15.9. The second-order valence-corrected chi connectivity index (χ2v) is 5.93. The van der Waals surface area contributed by atoms with Crippen LogP contribution >= 0.6 is 0 Å². The van der Waals surface area contributed by atoms with Gasteiger partial charge in [0.05, 0.1) is 0 Å². The first-order valence-corrected chi connectivity index (χ1v) is 7.00. The van der Waals surface area contributed by atoms with Crippen molar-refractivity contribution in [3.8, 4) is 0 Å². The summed E-state index contributed by atoms with van der Waals surface area (Å²) < 4.78 is 0. The Hall–Kier alpha value is -0.570. The first-order chi connectivity index (χ1) is 8.00. The molecule has 0 saturated heterocycles. The smallest absolute Gasteiger partial charge is 0.221 e. The van der Waals surface area contributed by atoms with Crippen LogP contribution in [0.3, 0.4) is 0 Å². The zero-order valence-corrected chi connectivity index (χ0v) is 11.8. The molecule has 1 fully saturated rings. The Morgan fingerprint density at radius 1 is 1.18 bits per heavy atom. The molecule has 0 radical (unpaired) electrons. The fourth-order valence-corrected chi connectivity index (χ4v) is 2.24. The lowest BCUT2D eigenvalue weighted by Gasteiger charge is -2.25. The van der Waals surface area contributed by atoms with Crippen LogP contribution in [-0.4, -0.2) is 25.0 Å². The first-order valence-electron chi connectivity index (χ1n) is 7.00. The molecule has 0 spiro atoms. The summed E-state index contributed by atoms with van der Waals surface area (Å²) in [6.45, 7) is 10.6. The van der Waals surface area contributed by atoms with Crippen molar-refractivity contribution in [3.05, 3.63) is 0 Å². The summed E-state index contributed by atoms with van der Waals surface area (Å²) in [5.41, 5.74) is 0. The highest BCUT2D eigenvalue weighted by molar-refractivity contribution is 5.76. The van der Waals surface area contributed by atoms with Crippen molar-refractivity contribution in [2.75, 3.05) is 13.1 Å². The van der Waals surface area contributed by atoms with Crippen molar-refractivity contribution >= 4 is 5.91 Å². The number of carbonyl (C=O) groups excluding carboxylic acids is 1. The van der Waals surface area contributed by atoms with E-state index in [2.05, 4.69) is 38.3 Å². The van der Waals surface area contributed by atoms with Gasteiger partial charge in [0.1, 0.15) is 0 Å². The predicted molar refractivity (Wildman–Crippen MR) is 71.8 cm³/mol. The predicted octanol–water partition coefficient (Wildman–Crippen LogP) is 2.17. The Morgan fingerprint density at radius 3 is 2.24 bits per heavy atom. The molecule has 100 valence electrons. The molecule has 3 heteroatoms. The van der Waals surface area contributed by atoms with Gasteiger partial charge in [-0.05, 0) is 30.6 Å². The Kier molecular flexibility index (Phi) is 5.96. The molecular formula is C14H28N2O. The van der Waals surface area contributed by atoms with Crippen LogP contribution in [0.25, 0.3) is 0 Å². The molecule has 17 heavy (non-hydrogen) atoms. The van der Waals surface area contributed by atoms with E-state index in [1.54, 1.807) is 0 Å². The molecule has 3 nitrogen and oxygen atoms in total. The minimum Gasteiger partial charge on any atom is -0.356 e. The molecule has 0 aromatic heterocycles. The van der Waals surface area contributed by atoms with Crippen molar-refractivity contribution in [1.29, 1.82) is 0 Å². The highest BCUT2D eigenvalue weighted by Crippen LogP contribution is 2.19. The van der Waals surface area contributed by atoms with Gasteiger partial charge in [-0.2, -0.15) is 0 Å². The number of hydrogen-bond donors (Lipinski definition) is 2. The SMILES string of the molecule is CC(C)C(CNC(=O)CCNC1CC1)C(C)C. The second-order valence-electron chi connectivity index (χ2n) is 5.93. The van der Waals surface area contributed by atoms with Gasteiger partial charge < -0.3 is 10.6 Å². The molecule has 0 bridgehead atoms.